The van der Waals surface area contributed by atoms with Gasteiger partial charge < -0.3 is 18.9 Å². The second-order valence-electron chi connectivity index (χ2n) is 14.2. The molecule has 0 bridgehead atoms. The molecule has 2 unspecified atom stereocenters. The predicted molar refractivity (Wildman–Crippen MR) is 224 cm³/mol. The van der Waals surface area contributed by atoms with Crippen molar-refractivity contribution in [2.45, 2.75) is 136 Å². The molecule has 0 heterocycles. The molecule has 0 spiro atoms. The molecule has 0 aromatic carbocycles. The first kappa shape index (κ1) is 50.7. The van der Waals surface area contributed by atoms with E-state index in [-0.39, 0.29) is 32.2 Å². The molecule has 8 nitrogen and oxygen atoms in total. The van der Waals surface area contributed by atoms with Crippen LogP contribution >= 0.6 is 7.82 Å². The van der Waals surface area contributed by atoms with E-state index >= 15 is 0 Å². The molecule has 0 aliphatic heterocycles. The van der Waals surface area contributed by atoms with Crippen molar-refractivity contribution in [1.82, 2.24) is 0 Å². The summed E-state index contributed by atoms with van der Waals surface area (Å²) in [5, 5.41) is 0. The van der Waals surface area contributed by atoms with Gasteiger partial charge in [-0.25, -0.2) is 4.57 Å². The van der Waals surface area contributed by atoms with Crippen LogP contribution in [0.3, 0.4) is 0 Å². The lowest BCUT2D eigenvalue weighted by molar-refractivity contribution is -0.870. The van der Waals surface area contributed by atoms with Gasteiger partial charge in [0.1, 0.15) is 19.3 Å². The molecule has 0 aromatic heterocycles. The highest BCUT2D eigenvalue weighted by molar-refractivity contribution is 7.47. The van der Waals surface area contributed by atoms with Crippen LogP contribution < -0.4 is 0 Å². The molecule has 0 rings (SSSR count). The number of unbranched alkanes of at least 4 members (excludes halogenated alkanes) is 8. The number of phosphoric ester groups is 1. The van der Waals surface area contributed by atoms with Crippen molar-refractivity contribution in [3.8, 4) is 0 Å². The zero-order chi connectivity index (χ0) is 39.1. The van der Waals surface area contributed by atoms with E-state index < -0.39 is 13.9 Å². The van der Waals surface area contributed by atoms with E-state index in [0.717, 1.165) is 83.5 Å². The van der Waals surface area contributed by atoms with Crippen molar-refractivity contribution in [1.29, 1.82) is 0 Å². The number of phosphoric acid groups is 1. The van der Waals surface area contributed by atoms with E-state index in [1.54, 1.807) is 0 Å². The maximum absolute atomic E-state index is 12.6. The smallest absolute Gasteiger partial charge is 0.457 e. The van der Waals surface area contributed by atoms with Gasteiger partial charge in [-0.05, 0) is 83.5 Å². The summed E-state index contributed by atoms with van der Waals surface area (Å²) in [7, 11) is 1.61. The van der Waals surface area contributed by atoms with Gasteiger partial charge in [0.05, 0.1) is 34.4 Å². The minimum atomic E-state index is -4.29. The van der Waals surface area contributed by atoms with Crippen LogP contribution in [0.2, 0.25) is 0 Å². The third kappa shape index (κ3) is 40.7. The van der Waals surface area contributed by atoms with Gasteiger partial charge in [-0.2, -0.15) is 0 Å². The lowest BCUT2D eigenvalue weighted by Gasteiger charge is -2.24. The van der Waals surface area contributed by atoms with Gasteiger partial charge >= 0.3 is 13.8 Å². The number of hydrogen-bond donors (Lipinski definition) is 1. The maximum atomic E-state index is 12.6. The zero-order valence-corrected chi connectivity index (χ0v) is 35.1. The summed E-state index contributed by atoms with van der Waals surface area (Å²) >= 11 is 0. The normalized spacial score (nSPS) is 14.8. The van der Waals surface area contributed by atoms with Crippen LogP contribution in [-0.4, -0.2) is 75.6 Å². The van der Waals surface area contributed by atoms with E-state index in [4.69, 9.17) is 18.5 Å². The van der Waals surface area contributed by atoms with Crippen molar-refractivity contribution in [2.75, 3.05) is 54.1 Å². The third-order valence-corrected chi connectivity index (χ3v) is 8.94. The largest absolute Gasteiger partial charge is 0.472 e. The van der Waals surface area contributed by atoms with Crippen LogP contribution in [0.1, 0.15) is 129 Å². The highest BCUT2D eigenvalue weighted by Gasteiger charge is 2.26. The van der Waals surface area contributed by atoms with Gasteiger partial charge in [0.2, 0.25) is 0 Å². The number of esters is 1. The number of allylic oxidation sites excluding steroid dienone is 14. The molecule has 0 amide bonds. The lowest BCUT2D eigenvalue weighted by Crippen LogP contribution is -2.37. The highest BCUT2D eigenvalue weighted by atomic mass is 31.2. The number of likely N-dealkylation sites (N-methyl/N-ethyl adjacent to an activating group) is 1. The Morgan fingerprint density at radius 1 is 0.585 bits per heavy atom. The van der Waals surface area contributed by atoms with Crippen LogP contribution in [0.25, 0.3) is 0 Å². The molecular formula is C44H77NO7P+. The van der Waals surface area contributed by atoms with Gasteiger partial charge in [0, 0.05) is 13.0 Å². The summed E-state index contributed by atoms with van der Waals surface area (Å²) in [5.41, 5.74) is 0. The standard InChI is InChI=1S/C44H76NO7P/c1-6-8-10-12-14-16-18-20-22-24-26-28-30-32-34-36-39-49-41-43(42-51-53(47,48)50-40-38-45(3,4)5)52-44(46)37-35-33-31-29-27-25-23-21-19-17-15-13-11-9-7-2/h8-11,14-17,20-23,27,29,43H,6-7,12-13,18-19,24-26,28,30-42H2,1-5H3/p+1/b10-8-,11-9-,16-14-,17-15-,22-20-,23-21-,29-27-. The van der Waals surface area contributed by atoms with E-state index in [1.807, 2.05) is 21.1 Å². The van der Waals surface area contributed by atoms with Crippen molar-refractivity contribution >= 4 is 13.8 Å². The average Bonchev–Trinajstić information content (AvgIpc) is 3.11. The Labute approximate surface area is 325 Å². The number of quaternary nitrogens is 1. The number of nitrogens with zero attached hydrogens (tertiary/aromatic N) is 1. The third-order valence-electron chi connectivity index (χ3n) is 7.95. The number of hydrogen-bond acceptors (Lipinski definition) is 6. The summed E-state index contributed by atoms with van der Waals surface area (Å²) < 4.78 is 34.9. The highest BCUT2D eigenvalue weighted by Crippen LogP contribution is 2.43. The zero-order valence-electron chi connectivity index (χ0n) is 34.2. The summed E-state index contributed by atoms with van der Waals surface area (Å²) in [6.07, 6.45) is 47.6. The van der Waals surface area contributed by atoms with E-state index in [0.29, 0.717) is 24.1 Å². The van der Waals surface area contributed by atoms with Gasteiger partial charge in [-0.15, -0.1) is 0 Å². The summed E-state index contributed by atoms with van der Waals surface area (Å²) in [6, 6.07) is 0. The fourth-order valence-electron chi connectivity index (χ4n) is 4.85. The second kappa shape index (κ2) is 36.6. The van der Waals surface area contributed by atoms with Crippen molar-refractivity contribution in [3.63, 3.8) is 0 Å². The number of carbonyl (C=O) groups is 1. The van der Waals surface area contributed by atoms with Crippen molar-refractivity contribution < 1.29 is 37.3 Å². The molecule has 0 aromatic rings. The first-order valence-electron chi connectivity index (χ1n) is 20.3. The number of carbonyl (C=O) groups excluding carboxylic acids is 1. The molecule has 53 heavy (non-hydrogen) atoms. The molecule has 0 fully saturated rings. The van der Waals surface area contributed by atoms with Crippen LogP contribution in [0.4, 0.5) is 0 Å². The van der Waals surface area contributed by atoms with Crippen molar-refractivity contribution in [2.24, 2.45) is 0 Å². The number of rotatable bonds is 36. The molecule has 0 saturated carbocycles. The predicted octanol–water partition coefficient (Wildman–Crippen LogP) is 11.7. The molecule has 0 aliphatic carbocycles. The van der Waals surface area contributed by atoms with Crippen LogP contribution in [0.15, 0.2) is 85.1 Å². The summed E-state index contributed by atoms with van der Waals surface area (Å²) in [5.74, 6) is -0.364. The van der Waals surface area contributed by atoms with Gasteiger partial charge in [0.15, 0.2) is 0 Å². The molecule has 1 N–H and O–H groups in total. The molecule has 0 saturated heterocycles. The van der Waals surface area contributed by atoms with Gasteiger partial charge in [-0.3, -0.25) is 13.8 Å². The Bertz CT molecular complexity index is 1120. The van der Waals surface area contributed by atoms with Crippen molar-refractivity contribution in [3.05, 3.63) is 85.1 Å². The monoisotopic (exact) mass is 763 g/mol. The van der Waals surface area contributed by atoms with Crippen LogP contribution in [-0.2, 0) is 27.9 Å². The molecule has 9 heteroatoms. The maximum Gasteiger partial charge on any atom is 0.472 e. The molecule has 0 radical (unpaired) electrons. The molecular weight excluding hydrogens is 685 g/mol. The minimum absolute atomic E-state index is 0.0727. The fraction of sp³-hybridized carbons (Fsp3) is 0.659. The van der Waals surface area contributed by atoms with E-state index in [2.05, 4.69) is 98.9 Å². The first-order valence-corrected chi connectivity index (χ1v) is 21.8. The quantitative estimate of drug-likeness (QED) is 0.0223. The van der Waals surface area contributed by atoms with Gasteiger partial charge in [0.25, 0.3) is 0 Å². The Balaban J connectivity index is 4.39. The van der Waals surface area contributed by atoms with E-state index in [9.17, 15) is 14.3 Å². The Kier molecular flexibility index (Phi) is 35.0. The van der Waals surface area contributed by atoms with Crippen LogP contribution in [0.5, 0.6) is 0 Å². The average molecular weight is 763 g/mol. The Morgan fingerprint density at radius 3 is 1.55 bits per heavy atom. The number of ether oxygens (including phenoxy) is 2. The SMILES string of the molecule is CC/C=C\C/C=C\C/C=C\C/C=C\CCCCC(=O)OC(COCCCCCCCC/C=C\C/C=C\C/C=C\CC)COP(=O)(O)OCC[N+](C)(C)C. The Morgan fingerprint density at radius 2 is 1.04 bits per heavy atom. The minimum Gasteiger partial charge on any atom is -0.457 e. The fourth-order valence-corrected chi connectivity index (χ4v) is 5.59. The molecule has 0 aliphatic rings. The van der Waals surface area contributed by atoms with Gasteiger partial charge in [-0.1, -0.05) is 125 Å². The summed E-state index contributed by atoms with van der Waals surface area (Å²) in [4.78, 5) is 22.8. The van der Waals surface area contributed by atoms with E-state index in [1.165, 1.54) is 19.3 Å². The Hall–Kier alpha value is -2.32. The topological polar surface area (TPSA) is 91.3 Å². The molecule has 304 valence electrons. The van der Waals surface area contributed by atoms with Crippen LogP contribution in [0, 0.1) is 0 Å². The first-order chi connectivity index (χ1) is 25.6. The molecule has 2 atom stereocenters. The lowest BCUT2D eigenvalue weighted by atomic mass is 10.1. The summed E-state index contributed by atoms with van der Waals surface area (Å²) in [6.45, 7) is 5.27. The second-order valence-corrected chi connectivity index (χ2v) is 15.7.